The van der Waals surface area contributed by atoms with Crippen molar-refractivity contribution in [3.63, 3.8) is 0 Å². The molecule has 17 heteroatoms. The zero-order valence-corrected chi connectivity index (χ0v) is 43.3. The predicted molar refractivity (Wildman–Crippen MR) is 278 cm³/mol. The molecule has 2 aromatic carbocycles. The van der Waals surface area contributed by atoms with Crippen LogP contribution in [0.25, 0.3) is 0 Å². The summed E-state index contributed by atoms with van der Waals surface area (Å²) in [7, 11) is 1.69. The van der Waals surface area contributed by atoms with Crippen molar-refractivity contribution < 1.29 is 52.3 Å². The second-order valence-electron chi connectivity index (χ2n) is 21.5. The van der Waals surface area contributed by atoms with Crippen molar-refractivity contribution in [2.45, 2.75) is 133 Å². The number of halogens is 2. The number of ether oxygens (including phenoxy) is 5. The Kier molecular flexibility index (Phi) is 17.6. The Hall–Kier alpha value is -5.30. The van der Waals surface area contributed by atoms with E-state index in [2.05, 4.69) is 22.8 Å². The minimum atomic E-state index is -1.02. The molecule has 0 spiro atoms. The maximum Gasteiger partial charge on any atom is 0.325 e. The van der Waals surface area contributed by atoms with Crippen molar-refractivity contribution in [1.29, 1.82) is 0 Å². The molecule has 6 aliphatic heterocycles. The first-order valence-electron chi connectivity index (χ1n) is 27.6. The average Bonchev–Trinajstić information content (AvgIpc) is 4.23. The summed E-state index contributed by atoms with van der Waals surface area (Å²) < 4.78 is 60.5. The number of hydrogen-bond acceptors (Lipinski definition) is 13. The van der Waals surface area contributed by atoms with Crippen molar-refractivity contribution in [2.24, 2.45) is 11.8 Å². The monoisotopic (exact) mass is 1040 g/mol. The third kappa shape index (κ3) is 12.8. The van der Waals surface area contributed by atoms with Gasteiger partial charge in [0.25, 0.3) is 0 Å². The number of unbranched alkanes of at least 4 members (excludes halogenated alkanes) is 2. The summed E-state index contributed by atoms with van der Waals surface area (Å²) in [5.74, 6) is 0.245. The number of aliphatic carboxylic acids is 2. The average molecular weight is 1040 g/mol. The molecule has 0 bridgehead atoms. The minimum Gasteiger partial charge on any atom is -0.496 e. The summed E-state index contributed by atoms with van der Waals surface area (Å²) in [6.07, 6.45) is 12.0. The fourth-order valence-corrected chi connectivity index (χ4v) is 12.6. The number of methoxy groups -OCH3 is 1. The van der Waals surface area contributed by atoms with Gasteiger partial charge in [0, 0.05) is 82.1 Å². The number of carboxylic acids is 2. The lowest BCUT2D eigenvalue weighted by atomic mass is 9.79. The number of rotatable bonds is 22. The van der Waals surface area contributed by atoms with Gasteiger partial charge in [0.1, 0.15) is 41.1 Å². The molecule has 4 fully saturated rings. The van der Waals surface area contributed by atoms with Crippen molar-refractivity contribution in [3.05, 3.63) is 111 Å². The van der Waals surface area contributed by atoms with E-state index in [0.717, 1.165) is 136 Å². The summed E-state index contributed by atoms with van der Waals surface area (Å²) in [6.45, 7) is 5.95. The van der Waals surface area contributed by atoms with E-state index in [1.165, 1.54) is 29.8 Å². The van der Waals surface area contributed by atoms with Crippen LogP contribution in [0, 0.1) is 23.5 Å². The highest BCUT2D eigenvalue weighted by molar-refractivity contribution is 5.77. The van der Waals surface area contributed by atoms with E-state index in [0.29, 0.717) is 83.0 Å². The number of carboxylic acid groups (broad SMARTS) is 2. The molecule has 6 aliphatic rings. The number of pyridine rings is 2. The molecule has 4 saturated heterocycles. The first kappa shape index (κ1) is 53.1. The summed E-state index contributed by atoms with van der Waals surface area (Å²) in [4.78, 5) is 39.3. The van der Waals surface area contributed by atoms with E-state index in [4.69, 9.17) is 33.7 Å². The molecule has 10 rings (SSSR count). The van der Waals surface area contributed by atoms with Gasteiger partial charge in [-0.2, -0.15) is 0 Å². The highest BCUT2D eigenvalue weighted by Crippen LogP contribution is 2.43. The van der Waals surface area contributed by atoms with E-state index in [1.54, 1.807) is 19.2 Å². The summed E-state index contributed by atoms with van der Waals surface area (Å²) >= 11 is 0. The van der Waals surface area contributed by atoms with Gasteiger partial charge in [0.05, 0.1) is 38.1 Å². The van der Waals surface area contributed by atoms with Crippen LogP contribution in [0.1, 0.15) is 140 Å². The number of likely N-dealkylation sites (tertiary alicyclic amines) is 2. The second-order valence-corrected chi connectivity index (χ2v) is 21.5. The van der Waals surface area contributed by atoms with Gasteiger partial charge in [0.15, 0.2) is 0 Å². The van der Waals surface area contributed by atoms with Crippen LogP contribution >= 0.6 is 0 Å². The highest BCUT2D eigenvalue weighted by atomic mass is 19.1. The Labute approximate surface area is 439 Å². The molecule has 0 saturated carbocycles. The molecule has 404 valence electrons. The fourth-order valence-electron chi connectivity index (χ4n) is 12.6. The van der Waals surface area contributed by atoms with Crippen LogP contribution in [0.2, 0.25) is 0 Å². The van der Waals surface area contributed by atoms with Gasteiger partial charge in [-0.05, 0) is 166 Å². The van der Waals surface area contributed by atoms with Gasteiger partial charge < -0.3 is 44.5 Å². The van der Waals surface area contributed by atoms with Crippen molar-refractivity contribution in [3.8, 4) is 5.75 Å². The van der Waals surface area contributed by atoms with Gasteiger partial charge in [-0.3, -0.25) is 19.4 Å². The second kappa shape index (κ2) is 24.8. The number of fused-ring (bicyclic) bond motifs is 2. The van der Waals surface area contributed by atoms with E-state index in [9.17, 15) is 24.2 Å². The molecule has 2 unspecified atom stereocenters. The maximum absolute atomic E-state index is 15.0. The van der Waals surface area contributed by atoms with E-state index >= 15 is 4.39 Å². The van der Waals surface area contributed by atoms with E-state index in [-0.39, 0.29) is 36.3 Å². The Morgan fingerprint density at radius 3 is 1.96 bits per heavy atom. The van der Waals surface area contributed by atoms with Crippen molar-refractivity contribution >= 4 is 23.6 Å². The molecule has 2 aromatic heterocycles. The van der Waals surface area contributed by atoms with Crippen LogP contribution in [-0.4, -0.2) is 127 Å². The number of aryl methyl sites for hydroxylation is 3. The number of nitrogens with one attached hydrogen (secondary N) is 2. The first-order chi connectivity index (χ1) is 36.6. The third-order valence-corrected chi connectivity index (χ3v) is 16.5. The molecule has 75 heavy (non-hydrogen) atoms. The van der Waals surface area contributed by atoms with Gasteiger partial charge in [0.2, 0.25) is 0 Å². The number of anilines is 2. The smallest absolute Gasteiger partial charge is 0.325 e. The maximum atomic E-state index is 15.0. The van der Waals surface area contributed by atoms with Crippen LogP contribution in [0.4, 0.5) is 20.4 Å². The van der Waals surface area contributed by atoms with Crippen LogP contribution in [-0.2, 0) is 54.2 Å². The lowest BCUT2D eigenvalue weighted by Gasteiger charge is -2.38. The summed E-state index contributed by atoms with van der Waals surface area (Å²) in [5.41, 5.74) is 6.75. The third-order valence-electron chi connectivity index (χ3n) is 16.5. The largest absolute Gasteiger partial charge is 0.496 e. The summed E-state index contributed by atoms with van der Waals surface area (Å²) in [6, 6.07) is 13.3. The number of carbonyl (C=O) groups is 2. The molecule has 8 heterocycles. The minimum absolute atomic E-state index is 0.0932. The molecule has 0 radical (unpaired) electrons. The lowest BCUT2D eigenvalue weighted by molar-refractivity contribution is -0.144. The van der Waals surface area contributed by atoms with Gasteiger partial charge in [-0.1, -0.05) is 18.2 Å². The Bertz CT molecular complexity index is 2590. The van der Waals surface area contributed by atoms with Crippen LogP contribution < -0.4 is 15.4 Å². The van der Waals surface area contributed by atoms with Gasteiger partial charge in [-0.15, -0.1) is 0 Å². The SMILES string of the molecule is COc1cc(CCCCO[C@@H]2CCN([C@@H](C(=O)O)c3cc(F)ccc3[C@@H]3CCCO3)C2)nc2c1CC(C1CC[C@@H](c3ccc(F)cc3[C@@H](C(=O)O)N3CC[C@H](OCCCCc4ccc5c(n4)NCCC5)C3)OC1)CN2. The Morgan fingerprint density at radius 1 is 0.720 bits per heavy atom. The molecule has 15 nitrogen and oxygen atoms in total. The summed E-state index contributed by atoms with van der Waals surface area (Å²) in [5, 5.41) is 28.0. The lowest BCUT2D eigenvalue weighted by Crippen LogP contribution is -2.36. The molecule has 0 aliphatic carbocycles. The van der Waals surface area contributed by atoms with Crippen LogP contribution in [0.3, 0.4) is 0 Å². The van der Waals surface area contributed by atoms with E-state index < -0.39 is 35.7 Å². The first-order valence-corrected chi connectivity index (χ1v) is 27.6. The van der Waals surface area contributed by atoms with Gasteiger partial charge >= 0.3 is 11.9 Å². The molecule has 8 atom stereocenters. The molecule has 4 N–H and O–H groups in total. The Morgan fingerprint density at radius 2 is 1.36 bits per heavy atom. The topological polar surface area (TPSA) is 177 Å². The zero-order valence-electron chi connectivity index (χ0n) is 43.3. The quantitative estimate of drug-likeness (QED) is 0.0548. The van der Waals surface area contributed by atoms with Gasteiger partial charge in [-0.25, -0.2) is 18.7 Å². The number of hydrogen-bond donors (Lipinski definition) is 4. The number of benzene rings is 2. The molecule has 0 amide bonds. The fraction of sp³-hybridized carbons (Fsp3) is 0.586. The normalized spacial score (nSPS) is 24.7. The predicted octanol–water partition coefficient (Wildman–Crippen LogP) is 9.20. The highest BCUT2D eigenvalue weighted by Gasteiger charge is 2.40. The Balaban J connectivity index is 0.673. The van der Waals surface area contributed by atoms with Crippen molar-refractivity contribution in [2.75, 3.05) is 83.4 Å². The standard InChI is InChI=1S/C58H74F2N6O9/c1-71-52-31-42(10-3-5-26-73-44-20-23-65(33-44)53(57(67)68)47-29-39(59)14-17-45(47)50-11-7-27-74-50)64-56-49(52)28-38(32-62-56)37-13-19-51(75-35-37)46-18-15-40(60)30-48(46)54(58(69)70)66-24-21-43(34-66)72-25-4-2-9-41-16-12-36-8-6-22-61-55(36)63-41/h12,14-18,29-31,37-38,43-44,50-51,53-54H,2-11,13,19-28,32-35H2,1H3,(H,61,63)(H,62,64)(H,67,68)(H,69,70)/t37?,38?,43-,44+,50-,51-,53+,54-/m0/s1. The van der Waals surface area contributed by atoms with E-state index in [1.807, 2.05) is 15.9 Å². The number of aromatic nitrogens is 2. The zero-order chi connectivity index (χ0) is 51.8. The molecule has 4 aromatic rings. The number of nitrogens with zero attached hydrogens (tertiary/aromatic N) is 4. The van der Waals surface area contributed by atoms with Crippen LogP contribution in [0.15, 0.2) is 54.6 Å². The van der Waals surface area contributed by atoms with Crippen molar-refractivity contribution in [1.82, 2.24) is 19.8 Å². The molecular formula is C58H74F2N6O9. The van der Waals surface area contributed by atoms with Crippen LogP contribution in [0.5, 0.6) is 5.75 Å². The molecular weight excluding hydrogens is 963 g/mol.